The van der Waals surface area contributed by atoms with Gasteiger partial charge in [-0.25, -0.2) is 0 Å². The predicted molar refractivity (Wildman–Crippen MR) is 35.2 cm³/mol. The second kappa shape index (κ2) is 3.64. The fraction of sp³-hybridized carbons (Fsp3) is 0.750. The zero-order valence-corrected chi connectivity index (χ0v) is 6.34. The third-order valence-corrected chi connectivity index (χ3v) is 1.63. The van der Waals surface area contributed by atoms with Crippen LogP contribution in [0.15, 0.2) is 0 Å². The van der Waals surface area contributed by atoms with Crippen LogP contribution >= 0.6 is 7.95 Å². The monoisotopic (exact) mass is 151 g/mol. The van der Waals surface area contributed by atoms with Gasteiger partial charge in [-0.05, 0) is 13.6 Å². The van der Waals surface area contributed by atoms with Crippen LogP contribution in [0.2, 0.25) is 0 Å². The van der Waals surface area contributed by atoms with Crippen molar-refractivity contribution in [1.29, 1.82) is 0 Å². The quantitative estimate of drug-likeness (QED) is 0.563. The standard InChI is InChI=1S/C4H10NO3P/c1-3(4(6)7)5-9(2)8/h3,9H,1-2H3,(H,5,8)(H,6,7)/t3-/m1/s1. The molecule has 0 saturated heterocycles. The summed E-state index contributed by atoms with van der Waals surface area (Å²) in [7, 11) is -1.86. The molecule has 0 aliphatic carbocycles. The lowest BCUT2D eigenvalue weighted by Gasteiger charge is -2.03. The molecule has 1 unspecified atom stereocenters. The molecule has 0 amide bonds. The molecule has 0 radical (unpaired) electrons. The lowest BCUT2D eigenvalue weighted by molar-refractivity contribution is -0.138. The molecule has 0 spiro atoms. The van der Waals surface area contributed by atoms with Crippen LogP contribution in [0.5, 0.6) is 0 Å². The van der Waals surface area contributed by atoms with Gasteiger partial charge in [0.25, 0.3) is 0 Å². The van der Waals surface area contributed by atoms with Crippen molar-refractivity contribution in [3.05, 3.63) is 0 Å². The molecule has 0 saturated carbocycles. The number of aliphatic carboxylic acids is 1. The van der Waals surface area contributed by atoms with Gasteiger partial charge in [-0.15, -0.1) is 0 Å². The molecule has 0 heterocycles. The maximum atomic E-state index is 10.4. The Morgan fingerprint density at radius 3 is 2.33 bits per heavy atom. The first-order valence-corrected chi connectivity index (χ1v) is 4.44. The van der Waals surface area contributed by atoms with Crippen molar-refractivity contribution >= 4 is 13.9 Å². The van der Waals surface area contributed by atoms with Crippen molar-refractivity contribution in [3.8, 4) is 0 Å². The maximum Gasteiger partial charge on any atom is 0.320 e. The van der Waals surface area contributed by atoms with Crippen LogP contribution in [0.3, 0.4) is 0 Å². The van der Waals surface area contributed by atoms with Crippen LogP contribution < -0.4 is 5.09 Å². The first kappa shape index (κ1) is 8.66. The van der Waals surface area contributed by atoms with E-state index in [1.165, 1.54) is 13.6 Å². The second-order valence-electron chi connectivity index (χ2n) is 1.76. The minimum Gasteiger partial charge on any atom is -0.480 e. The first-order chi connectivity index (χ1) is 4.04. The fourth-order valence-electron chi connectivity index (χ4n) is 0.367. The van der Waals surface area contributed by atoms with Crippen LogP contribution in [0, 0.1) is 0 Å². The lowest BCUT2D eigenvalue weighted by atomic mass is 10.4. The molecule has 2 N–H and O–H groups in total. The highest BCUT2D eigenvalue weighted by Gasteiger charge is 2.09. The van der Waals surface area contributed by atoms with Gasteiger partial charge >= 0.3 is 5.97 Å². The van der Waals surface area contributed by atoms with Crippen molar-refractivity contribution in [2.75, 3.05) is 6.66 Å². The molecule has 0 aromatic rings. The average Bonchev–Trinajstić information content (AvgIpc) is 1.63. The van der Waals surface area contributed by atoms with Crippen molar-refractivity contribution < 1.29 is 14.5 Å². The molecule has 54 valence electrons. The summed E-state index contributed by atoms with van der Waals surface area (Å²) in [5, 5.41) is 10.6. The Balaban J connectivity index is 3.63. The zero-order chi connectivity index (χ0) is 7.44. The zero-order valence-electron chi connectivity index (χ0n) is 5.34. The van der Waals surface area contributed by atoms with Crippen molar-refractivity contribution in [1.82, 2.24) is 5.09 Å². The topological polar surface area (TPSA) is 66.4 Å². The maximum absolute atomic E-state index is 10.4. The van der Waals surface area contributed by atoms with Gasteiger partial charge in [0.1, 0.15) is 14.0 Å². The molecule has 0 aliphatic heterocycles. The Bertz CT molecular complexity index is 136. The molecule has 2 atom stereocenters. The summed E-state index contributed by atoms with van der Waals surface area (Å²) in [6.45, 7) is 2.92. The minimum absolute atomic E-state index is 0.707. The van der Waals surface area contributed by atoms with Crippen molar-refractivity contribution in [2.45, 2.75) is 13.0 Å². The molecule has 0 fully saturated rings. The van der Waals surface area contributed by atoms with Gasteiger partial charge < -0.3 is 9.67 Å². The molecule has 4 nitrogen and oxygen atoms in total. The van der Waals surface area contributed by atoms with Crippen LogP contribution in [0.4, 0.5) is 0 Å². The predicted octanol–water partition coefficient (Wildman–Crippen LogP) is 0.154. The summed E-state index contributed by atoms with van der Waals surface area (Å²) in [5.41, 5.74) is 0. The number of nitrogens with one attached hydrogen (secondary N) is 1. The minimum atomic E-state index is -1.86. The molecule has 0 aliphatic rings. The molecule has 0 aromatic carbocycles. The highest BCUT2D eigenvalue weighted by Crippen LogP contribution is 2.06. The van der Waals surface area contributed by atoms with E-state index in [-0.39, 0.29) is 0 Å². The molecular formula is C4H10NO3P. The van der Waals surface area contributed by atoms with E-state index in [0.717, 1.165) is 0 Å². The first-order valence-electron chi connectivity index (χ1n) is 2.54. The van der Waals surface area contributed by atoms with E-state index in [0.29, 0.717) is 0 Å². The van der Waals surface area contributed by atoms with Crippen LogP contribution in [0.1, 0.15) is 6.92 Å². The summed E-state index contributed by atoms with van der Waals surface area (Å²) in [5.74, 6) is -0.977. The van der Waals surface area contributed by atoms with E-state index in [4.69, 9.17) is 5.11 Å². The van der Waals surface area contributed by atoms with Gasteiger partial charge in [-0.1, -0.05) is 0 Å². The van der Waals surface area contributed by atoms with Gasteiger partial charge in [-0.2, -0.15) is 0 Å². The Morgan fingerprint density at radius 1 is 1.78 bits per heavy atom. The molecule has 0 rings (SSSR count). The summed E-state index contributed by atoms with van der Waals surface area (Å²) in [6, 6.07) is -0.707. The molecule has 0 aromatic heterocycles. The molecule has 5 heteroatoms. The van der Waals surface area contributed by atoms with E-state index < -0.39 is 20.0 Å². The Labute approximate surface area is 54.1 Å². The van der Waals surface area contributed by atoms with E-state index >= 15 is 0 Å². The number of hydrogen-bond donors (Lipinski definition) is 2. The molecule has 0 bridgehead atoms. The second-order valence-corrected chi connectivity index (χ2v) is 3.16. The SMILES string of the molecule is C[C@@H](N[PH](C)=O)C(=O)O. The highest BCUT2D eigenvalue weighted by molar-refractivity contribution is 7.41. The number of carboxylic acid groups (broad SMARTS) is 1. The van der Waals surface area contributed by atoms with Crippen LogP contribution in [0.25, 0.3) is 0 Å². The molecular weight excluding hydrogens is 141 g/mol. The number of carbonyl (C=O) groups is 1. The average molecular weight is 151 g/mol. The highest BCUT2D eigenvalue weighted by atomic mass is 31.1. The van der Waals surface area contributed by atoms with E-state index in [2.05, 4.69) is 5.09 Å². The summed E-state index contributed by atoms with van der Waals surface area (Å²) >= 11 is 0. The summed E-state index contributed by atoms with van der Waals surface area (Å²) in [6.07, 6.45) is 0. The van der Waals surface area contributed by atoms with Gasteiger partial charge in [0.05, 0.1) is 0 Å². The normalized spacial score (nSPS) is 16.7. The summed E-state index contributed by atoms with van der Waals surface area (Å²) < 4.78 is 10.4. The Kier molecular flexibility index (Phi) is 3.50. The van der Waals surface area contributed by atoms with Gasteiger partial charge in [0.2, 0.25) is 0 Å². The van der Waals surface area contributed by atoms with E-state index in [1.807, 2.05) is 0 Å². The number of carboxylic acids is 1. The number of rotatable bonds is 3. The Morgan fingerprint density at radius 2 is 2.22 bits per heavy atom. The molecule has 9 heavy (non-hydrogen) atoms. The number of hydrogen-bond acceptors (Lipinski definition) is 2. The van der Waals surface area contributed by atoms with Gasteiger partial charge in [0.15, 0.2) is 0 Å². The summed E-state index contributed by atoms with van der Waals surface area (Å²) in [4.78, 5) is 10.0. The largest absolute Gasteiger partial charge is 0.480 e. The lowest BCUT2D eigenvalue weighted by Crippen LogP contribution is -2.28. The van der Waals surface area contributed by atoms with Gasteiger partial charge in [0, 0.05) is 0 Å². The van der Waals surface area contributed by atoms with E-state index in [1.54, 1.807) is 0 Å². The van der Waals surface area contributed by atoms with E-state index in [9.17, 15) is 9.36 Å². The smallest absolute Gasteiger partial charge is 0.320 e. The third-order valence-electron chi connectivity index (χ3n) is 0.790. The van der Waals surface area contributed by atoms with Crippen molar-refractivity contribution in [2.24, 2.45) is 0 Å². The van der Waals surface area contributed by atoms with Gasteiger partial charge in [-0.3, -0.25) is 9.88 Å². The fourth-order valence-corrected chi connectivity index (χ4v) is 1.10. The van der Waals surface area contributed by atoms with Crippen molar-refractivity contribution in [3.63, 3.8) is 0 Å². The Hall–Kier alpha value is -0.340. The van der Waals surface area contributed by atoms with Crippen LogP contribution in [-0.2, 0) is 9.36 Å². The third kappa shape index (κ3) is 4.18. The van der Waals surface area contributed by atoms with Crippen LogP contribution in [-0.4, -0.2) is 23.8 Å².